The molecule has 0 radical (unpaired) electrons. The molecule has 0 N–H and O–H groups in total. The van der Waals surface area contributed by atoms with Crippen molar-refractivity contribution in [2.45, 2.75) is 39.0 Å². The third-order valence-electron chi connectivity index (χ3n) is 7.63. The molecule has 1 aliphatic heterocycles. The third kappa shape index (κ3) is 7.17. The molecule has 0 bridgehead atoms. The fourth-order valence-corrected chi connectivity index (χ4v) is 14.6. The predicted octanol–water partition coefficient (Wildman–Crippen LogP) is 10.5. The molecular weight excluding hydrogens is 593 g/mol. The second-order valence-electron chi connectivity index (χ2n) is 10.8. The molecule has 0 saturated carbocycles. The van der Waals surface area contributed by atoms with E-state index in [9.17, 15) is 0 Å². The van der Waals surface area contributed by atoms with Gasteiger partial charge in [-0.3, -0.25) is 13.9 Å². The lowest BCUT2D eigenvalue weighted by Gasteiger charge is -2.56. The van der Waals surface area contributed by atoms with Gasteiger partial charge in [-0.2, -0.15) is 0 Å². The Morgan fingerprint density at radius 2 is 1.00 bits per heavy atom. The molecule has 5 aromatic rings. The topological polar surface area (TPSA) is 13.0 Å². The molecule has 0 spiro atoms. The summed E-state index contributed by atoms with van der Waals surface area (Å²) in [7, 11) is -1.43. The van der Waals surface area contributed by atoms with Crippen LogP contribution in [-0.4, -0.2) is 11.1 Å². The third-order valence-corrected chi connectivity index (χ3v) is 15.1. The van der Waals surface area contributed by atoms with Gasteiger partial charge in [-0.05, 0) is 42.8 Å². The molecule has 0 aromatic heterocycles. The van der Waals surface area contributed by atoms with Gasteiger partial charge in [0.15, 0.2) is 0 Å². The van der Waals surface area contributed by atoms with Crippen molar-refractivity contribution in [1.29, 1.82) is 0 Å². The van der Waals surface area contributed by atoms with Crippen LogP contribution in [0.2, 0.25) is 0 Å². The molecule has 1 heterocycles. The van der Waals surface area contributed by atoms with Gasteiger partial charge in [-0.1, -0.05) is 148 Å². The van der Waals surface area contributed by atoms with E-state index < -0.39 is 16.4 Å². The lowest BCUT2D eigenvalue weighted by Crippen LogP contribution is -2.47. The zero-order chi connectivity index (χ0) is 30.0. The number of anilines is 3. The lowest BCUT2D eigenvalue weighted by molar-refractivity contribution is 0.561. The second kappa shape index (κ2) is 15.7. The predicted molar refractivity (Wildman–Crippen MR) is 197 cm³/mol. The zero-order valence-corrected chi connectivity index (χ0v) is 28.1. The Kier molecular flexibility index (Phi) is 10.9. The van der Waals surface area contributed by atoms with Crippen LogP contribution in [-0.2, 0) is 0 Å². The van der Waals surface area contributed by atoms with Gasteiger partial charge in [0.05, 0.1) is 14.6 Å². The van der Waals surface area contributed by atoms with Gasteiger partial charge in [0, 0.05) is 28.5 Å². The number of benzene rings is 5. The summed E-state index contributed by atoms with van der Waals surface area (Å²) in [4.78, 5) is 0. The standard InChI is InChI=1S/C37H41N4P3/c1-2-3-4-5-21-32-38(33-22-11-6-12-23-33)41-42-39(34-24-13-7-14-25-34)43(36-28-17-9-18-29-36)40(35-26-15-8-16-27-35)44(41)37-30-19-10-20-31-37/h6-20,22-31,42H,2-5,21,32H2,1H3. The second-order valence-corrected chi connectivity index (χ2v) is 16.7. The van der Waals surface area contributed by atoms with Crippen LogP contribution in [0, 0.1) is 0 Å². The smallest absolute Gasteiger partial charge is 0.138 e. The molecule has 4 nitrogen and oxygen atoms in total. The van der Waals surface area contributed by atoms with Crippen LogP contribution < -0.4 is 24.5 Å². The molecule has 7 heteroatoms. The van der Waals surface area contributed by atoms with Crippen LogP contribution in [0.3, 0.4) is 0 Å². The van der Waals surface area contributed by atoms with Crippen LogP contribution in [0.1, 0.15) is 39.0 Å². The Labute approximate surface area is 267 Å². The summed E-state index contributed by atoms with van der Waals surface area (Å²) >= 11 is 0. The number of hydrogen-bond acceptors (Lipinski definition) is 4. The maximum Gasteiger partial charge on any atom is 0.138 e. The van der Waals surface area contributed by atoms with E-state index in [0.29, 0.717) is 8.88 Å². The van der Waals surface area contributed by atoms with E-state index in [2.05, 4.69) is 177 Å². The quantitative estimate of drug-likeness (QED) is 0.100. The highest BCUT2D eigenvalue weighted by Gasteiger charge is 2.46. The summed E-state index contributed by atoms with van der Waals surface area (Å²) in [5.74, 6) is 0. The minimum atomic E-state index is -0.948. The van der Waals surface area contributed by atoms with Crippen LogP contribution in [0.5, 0.6) is 0 Å². The fourth-order valence-electron chi connectivity index (χ4n) is 5.45. The van der Waals surface area contributed by atoms with Gasteiger partial charge in [-0.15, -0.1) is 4.55 Å². The van der Waals surface area contributed by atoms with E-state index in [1.807, 2.05) is 0 Å². The van der Waals surface area contributed by atoms with Gasteiger partial charge < -0.3 is 0 Å². The van der Waals surface area contributed by atoms with Gasteiger partial charge in [0.25, 0.3) is 0 Å². The monoisotopic (exact) mass is 634 g/mol. The van der Waals surface area contributed by atoms with E-state index in [-0.39, 0.29) is 0 Å². The summed E-state index contributed by atoms with van der Waals surface area (Å²) in [6, 6.07) is 55.5. The summed E-state index contributed by atoms with van der Waals surface area (Å²) in [6.07, 6.45) is 6.27. The van der Waals surface area contributed by atoms with Gasteiger partial charge in [0.2, 0.25) is 0 Å². The molecule has 1 fully saturated rings. The average molecular weight is 635 g/mol. The van der Waals surface area contributed by atoms with Crippen molar-refractivity contribution >= 4 is 53.0 Å². The maximum absolute atomic E-state index is 2.76. The summed E-state index contributed by atoms with van der Waals surface area (Å²) in [6.45, 7) is 3.28. The Morgan fingerprint density at radius 1 is 0.523 bits per heavy atom. The highest BCUT2D eigenvalue weighted by molar-refractivity contribution is 7.93. The highest BCUT2D eigenvalue weighted by Crippen LogP contribution is 2.72. The molecule has 0 aliphatic carbocycles. The normalized spacial score (nSPS) is 17.6. The summed E-state index contributed by atoms with van der Waals surface area (Å²) < 4.78 is 8.14. The summed E-state index contributed by atoms with van der Waals surface area (Å²) in [5.41, 5.74) is 3.76. The van der Waals surface area contributed by atoms with Gasteiger partial charge in [0.1, 0.15) is 16.4 Å². The van der Waals surface area contributed by atoms with Crippen molar-refractivity contribution in [3.8, 4) is 0 Å². The first kappa shape index (κ1) is 30.8. The number of para-hydroxylation sites is 3. The molecule has 44 heavy (non-hydrogen) atoms. The highest BCUT2D eigenvalue weighted by atomic mass is 31.2. The number of hydrogen-bond donors (Lipinski definition) is 0. The molecule has 0 amide bonds. The van der Waals surface area contributed by atoms with Crippen molar-refractivity contribution < 1.29 is 0 Å². The molecule has 1 aliphatic rings. The van der Waals surface area contributed by atoms with Crippen molar-refractivity contribution in [3.63, 3.8) is 0 Å². The Bertz CT molecular complexity index is 1530. The van der Waals surface area contributed by atoms with E-state index in [1.165, 1.54) is 53.4 Å². The van der Waals surface area contributed by atoms with E-state index >= 15 is 0 Å². The van der Waals surface area contributed by atoms with Crippen LogP contribution >= 0.6 is 25.3 Å². The molecular formula is C37H41N4P3. The number of hydrazine groups is 1. The molecule has 3 unspecified atom stereocenters. The number of nitrogens with zero attached hydrogens (tertiary/aromatic N) is 4. The maximum atomic E-state index is 2.76. The van der Waals surface area contributed by atoms with Crippen LogP contribution in [0.4, 0.5) is 17.1 Å². The molecule has 6 rings (SSSR count). The number of unbranched alkanes of at least 4 members (excludes halogenated alkanes) is 4. The van der Waals surface area contributed by atoms with Crippen LogP contribution in [0.25, 0.3) is 0 Å². The van der Waals surface area contributed by atoms with Crippen LogP contribution in [0.15, 0.2) is 152 Å². The molecule has 224 valence electrons. The largest absolute Gasteiger partial charge is 0.296 e. The SMILES string of the molecule is CCCCCCCN(c1ccccc1)N1PN(c2ccccc2)P(c2ccccc2)N(c2ccccc2)P1c1ccccc1. The Balaban J connectivity index is 1.54. The molecule has 5 aromatic carbocycles. The first-order valence-electron chi connectivity index (χ1n) is 15.6. The zero-order valence-electron chi connectivity index (χ0n) is 25.4. The van der Waals surface area contributed by atoms with Gasteiger partial charge >= 0.3 is 0 Å². The van der Waals surface area contributed by atoms with Gasteiger partial charge in [-0.25, -0.2) is 0 Å². The minimum absolute atomic E-state index is 0.431. The Hall–Kier alpha value is -3.25. The van der Waals surface area contributed by atoms with E-state index in [4.69, 9.17) is 0 Å². The van der Waals surface area contributed by atoms with Crippen molar-refractivity contribution in [3.05, 3.63) is 152 Å². The first-order valence-corrected chi connectivity index (χ1v) is 19.0. The minimum Gasteiger partial charge on any atom is -0.296 e. The molecule has 1 saturated heterocycles. The lowest BCUT2D eigenvalue weighted by atomic mass is 10.1. The van der Waals surface area contributed by atoms with Crippen molar-refractivity contribution in [2.24, 2.45) is 0 Å². The Morgan fingerprint density at radius 3 is 1.57 bits per heavy atom. The molecule has 3 atom stereocenters. The summed E-state index contributed by atoms with van der Waals surface area (Å²) in [5, 5.41) is 5.32. The fraction of sp³-hybridized carbons (Fsp3) is 0.189. The van der Waals surface area contributed by atoms with E-state index in [1.54, 1.807) is 0 Å². The van der Waals surface area contributed by atoms with E-state index in [0.717, 1.165) is 13.0 Å². The van der Waals surface area contributed by atoms with Crippen molar-refractivity contribution in [1.82, 2.24) is 4.55 Å². The first-order chi connectivity index (χ1) is 21.8. The average Bonchev–Trinajstić information content (AvgIpc) is 3.11. The number of rotatable bonds is 12. The van der Waals surface area contributed by atoms with Crippen molar-refractivity contribution in [2.75, 3.05) is 20.4 Å².